The van der Waals surface area contributed by atoms with E-state index in [1.165, 1.54) is 6.07 Å². The first kappa shape index (κ1) is 14.6. The number of anilines is 1. The minimum Gasteiger partial charge on any atom is -0.399 e. The van der Waals surface area contributed by atoms with Crippen LogP contribution in [0.1, 0.15) is 39.2 Å². The number of primary amides is 1. The van der Waals surface area contributed by atoms with Crippen molar-refractivity contribution in [3.05, 3.63) is 65.2 Å². The molecule has 0 aliphatic carbocycles. The topological polar surface area (TPSA) is 98.2 Å². The zero-order chi connectivity index (χ0) is 15.4. The monoisotopic (exact) mass is 283 g/mol. The highest BCUT2D eigenvalue weighted by Crippen LogP contribution is 2.15. The molecule has 0 saturated carbocycles. The molecule has 0 aliphatic heterocycles. The third-order valence-electron chi connectivity index (χ3n) is 3.19. The van der Waals surface area contributed by atoms with E-state index in [4.69, 9.17) is 11.5 Å². The fraction of sp³-hybridized carbons (Fsp3) is 0.125. The highest BCUT2D eigenvalue weighted by Gasteiger charge is 2.12. The van der Waals surface area contributed by atoms with Crippen LogP contribution in [0.4, 0.5) is 5.69 Å². The third-order valence-corrected chi connectivity index (χ3v) is 3.19. The van der Waals surface area contributed by atoms with Crippen molar-refractivity contribution in [2.45, 2.75) is 13.0 Å². The number of nitrogens with two attached hydrogens (primary N) is 2. The number of amides is 2. The lowest BCUT2D eigenvalue weighted by Crippen LogP contribution is -2.27. The standard InChI is InChI=1S/C16H17N3O2/c1-10(11-5-7-14(17)8-6-11)19-16(21)13-4-2-3-12(9-13)15(18)20/h2-10H,17H2,1H3,(H2,18,20)(H,19,21). The largest absolute Gasteiger partial charge is 0.399 e. The number of hydrogen-bond donors (Lipinski definition) is 3. The zero-order valence-corrected chi connectivity index (χ0v) is 11.7. The van der Waals surface area contributed by atoms with Crippen molar-refractivity contribution in [3.63, 3.8) is 0 Å². The molecule has 0 radical (unpaired) electrons. The van der Waals surface area contributed by atoms with Gasteiger partial charge in [0.2, 0.25) is 5.91 Å². The molecule has 2 amide bonds. The van der Waals surface area contributed by atoms with Crippen LogP contribution in [0.3, 0.4) is 0 Å². The van der Waals surface area contributed by atoms with Crippen LogP contribution in [0, 0.1) is 0 Å². The number of nitrogen functional groups attached to an aromatic ring is 1. The Morgan fingerprint density at radius 3 is 2.29 bits per heavy atom. The number of benzene rings is 2. The Hall–Kier alpha value is -2.82. The molecule has 2 aromatic carbocycles. The predicted octanol–water partition coefficient (Wildman–Crippen LogP) is 1.86. The summed E-state index contributed by atoms with van der Waals surface area (Å²) in [6.07, 6.45) is 0. The minimum absolute atomic E-state index is 0.171. The quantitative estimate of drug-likeness (QED) is 0.747. The Morgan fingerprint density at radius 2 is 1.67 bits per heavy atom. The van der Waals surface area contributed by atoms with E-state index in [2.05, 4.69) is 5.32 Å². The van der Waals surface area contributed by atoms with Crippen LogP contribution in [0.2, 0.25) is 0 Å². The molecule has 108 valence electrons. The summed E-state index contributed by atoms with van der Waals surface area (Å²) in [4.78, 5) is 23.3. The van der Waals surface area contributed by atoms with Crippen LogP contribution < -0.4 is 16.8 Å². The Balaban J connectivity index is 2.12. The second-order valence-electron chi connectivity index (χ2n) is 4.81. The average molecular weight is 283 g/mol. The first-order valence-electron chi connectivity index (χ1n) is 6.53. The summed E-state index contributed by atoms with van der Waals surface area (Å²) in [6.45, 7) is 1.88. The minimum atomic E-state index is -0.559. The lowest BCUT2D eigenvalue weighted by molar-refractivity contribution is 0.0940. The lowest BCUT2D eigenvalue weighted by atomic mass is 10.1. The molecule has 21 heavy (non-hydrogen) atoms. The first-order valence-corrected chi connectivity index (χ1v) is 6.53. The molecule has 0 spiro atoms. The van der Waals surface area contributed by atoms with Gasteiger partial charge in [0.1, 0.15) is 0 Å². The maximum atomic E-state index is 12.2. The zero-order valence-electron chi connectivity index (χ0n) is 11.7. The van der Waals surface area contributed by atoms with E-state index in [9.17, 15) is 9.59 Å². The van der Waals surface area contributed by atoms with Crippen molar-refractivity contribution in [3.8, 4) is 0 Å². The van der Waals surface area contributed by atoms with Gasteiger partial charge in [-0.05, 0) is 42.8 Å². The molecule has 0 fully saturated rings. The van der Waals surface area contributed by atoms with Gasteiger partial charge in [-0.1, -0.05) is 18.2 Å². The van der Waals surface area contributed by atoms with Gasteiger partial charge in [-0.15, -0.1) is 0 Å². The maximum absolute atomic E-state index is 12.2. The van der Waals surface area contributed by atoms with Gasteiger partial charge in [-0.25, -0.2) is 0 Å². The fourth-order valence-corrected chi connectivity index (χ4v) is 1.96. The van der Waals surface area contributed by atoms with Crippen LogP contribution in [-0.2, 0) is 0 Å². The predicted molar refractivity (Wildman–Crippen MR) is 81.7 cm³/mol. The second-order valence-corrected chi connectivity index (χ2v) is 4.81. The molecule has 0 bridgehead atoms. The van der Waals surface area contributed by atoms with Gasteiger partial charge in [0.15, 0.2) is 0 Å². The molecule has 0 aromatic heterocycles. The summed E-state index contributed by atoms with van der Waals surface area (Å²) in [6, 6.07) is 13.4. The molecule has 5 heteroatoms. The molecule has 0 aliphatic rings. The molecule has 1 atom stereocenters. The van der Waals surface area contributed by atoms with Gasteiger partial charge in [-0.3, -0.25) is 9.59 Å². The number of rotatable bonds is 4. The van der Waals surface area contributed by atoms with Gasteiger partial charge in [0.05, 0.1) is 6.04 Å². The summed E-state index contributed by atoms with van der Waals surface area (Å²) < 4.78 is 0. The summed E-state index contributed by atoms with van der Waals surface area (Å²) in [5.74, 6) is -0.821. The van der Waals surface area contributed by atoms with Crippen molar-refractivity contribution < 1.29 is 9.59 Å². The van der Waals surface area contributed by atoms with Crippen LogP contribution in [0.15, 0.2) is 48.5 Å². The van der Waals surface area contributed by atoms with Crippen LogP contribution >= 0.6 is 0 Å². The van der Waals surface area contributed by atoms with Gasteiger partial charge >= 0.3 is 0 Å². The number of nitrogens with one attached hydrogen (secondary N) is 1. The normalized spacial score (nSPS) is 11.7. The molecule has 2 rings (SSSR count). The highest BCUT2D eigenvalue weighted by molar-refractivity contribution is 5.99. The van der Waals surface area contributed by atoms with Crippen molar-refractivity contribution in [2.24, 2.45) is 5.73 Å². The van der Waals surface area contributed by atoms with Crippen molar-refractivity contribution in [1.82, 2.24) is 5.32 Å². The summed E-state index contributed by atoms with van der Waals surface area (Å²) in [5, 5.41) is 2.87. The number of carbonyl (C=O) groups excluding carboxylic acids is 2. The van der Waals surface area contributed by atoms with Gasteiger partial charge in [0, 0.05) is 16.8 Å². The number of hydrogen-bond acceptors (Lipinski definition) is 3. The van der Waals surface area contributed by atoms with Gasteiger partial charge in [-0.2, -0.15) is 0 Å². The first-order chi connectivity index (χ1) is 9.97. The maximum Gasteiger partial charge on any atom is 0.251 e. The summed E-state index contributed by atoms with van der Waals surface area (Å²) in [7, 11) is 0. The smallest absolute Gasteiger partial charge is 0.251 e. The molecular weight excluding hydrogens is 266 g/mol. The molecule has 0 heterocycles. The SMILES string of the molecule is CC(NC(=O)c1cccc(C(N)=O)c1)c1ccc(N)cc1. The third kappa shape index (κ3) is 3.60. The average Bonchev–Trinajstić information content (AvgIpc) is 2.48. The molecule has 0 saturated heterocycles. The van der Waals surface area contributed by atoms with Crippen LogP contribution in [-0.4, -0.2) is 11.8 Å². The lowest BCUT2D eigenvalue weighted by Gasteiger charge is -2.14. The van der Waals surface area contributed by atoms with E-state index in [1.807, 2.05) is 19.1 Å². The van der Waals surface area contributed by atoms with Crippen molar-refractivity contribution in [1.29, 1.82) is 0 Å². The number of carbonyl (C=O) groups is 2. The van der Waals surface area contributed by atoms with E-state index in [1.54, 1.807) is 30.3 Å². The van der Waals surface area contributed by atoms with Gasteiger partial charge in [0.25, 0.3) is 5.91 Å². The second kappa shape index (κ2) is 6.09. The molecule has 2 aromatic rings. The van der Waals surface area contributed by atoms with E-state index < -0.39 is 5.91 Å². The summed E-state index contributed by atoms with van der Waals surface area (Å²) >= 11 is 0. The van der Waals surface area contributed by atoms with E-state index in [0.717, 1.165) is 5.56 Å². The molecule has 1 unspecified atom stereocenters. The van der Waals surface area contributed by atoms with E-state index >= 15 is 0 Å². The van der Waals surface area contributed by atoms with E-state index in [0.29, 0.717) is 16.8 Å². The highest BCUT2D eigenvalue weighted by atomic mass is 16.2. The Kier molecular flexibility index (Phi) is 4.23. The van der Waals surface area contributed by atoms with Crippen molar-refractivity contribution in [2.75, 3.05) is 5.73 Å². The molecule has 5 N–H and O–H groups in total. The Labute approximate surface area is 123 Å². The fourth-order valence-electron chi connectivity index (χ4n) is 1.96. The molecular formula is C16H17N3O2. The van der Waals surface area contributed by atoms with E-state index in [-0.39, 0.29) is 11.9 Å². The Bertz CT molecular complexity index is 665. The summed E-state index contributed by atoms with van der Waals surface area (Å²) in [5.41, 5.74) is 13.2. The van der Waals surface area contributed by atoms with Crippen molar-refractivity contribution >= 4 is 17.5 Å². The Morgan fingerprint density at radius 1 is 1.05 bits per heavy atom. The molecule has 5 nitrogen and oxygen atoms in total. The van der Waals surface area contributed by atoms with Crippen LogP contribution in [0.5, 0.6) is 0 Å². The van der Waals surface area contributed by atoms with Gasteiger partial charge < -0.3 is 16.8 Å². The van der Waals surface area contributed by atoms with Crippen LogP contribution in [0.25, 0.3) is 0 Å².